The standard InChI is InChI=1S/C25H31FN4O2/c1-17(2)11-24(31)28-13-18-3-6-25(29-14-18)32-21-7-9-30(10-8-21)16-19-15-27-23-5-4-20(26)12-22(19)23/h3-6,12,14-15,17,21,27H,7-11,13,16H2,1-2H3,(H,28,31). The third-order valence-electron chi connectivity index (χ3n) is 5.83. The number of likely N-dealkylation sites (tertiary alicyclic amines) is 1. The molecular weight excluding hydrogens is 407 g/mol. The number of aromatic amines is 1. The number of aromatic nitrogens is 2. The first kappa shape index (κ1) is 22.3. The van der Waals surface area contributed by atoms with Crippen LogP contribution in [0.2, 0.25) is 0 Å². The minimum atomic E-state index is -0.207. The molecule has 0 aliphatic carbocycles. The van der Waals surface area contributed by atoms with Crippen LogP contribution < -0.4 is 10.1 Å². The van der Waals surface area contributed by atoms with Crippen molar-refractivity contribution < 1.29 is 13.9 Å². The van der Waals surface area contributed by atoms with Crippen LogP contribution in [0.25, 0.3) is 10.9 Å². The van der Waals surface area contributed by atoms with Gasteiger partial charge in [0.05, 0.1) is 0 Å². The number of H-pyrrole nitrogens is 1. The lowest BCUT2D eigenvalue weighted by Gasteiger charge is -2.31. The second-order valence-corrected chi connectivity index (χ2v) is 8.98. The van der Waals surface area contributed by atoms with E-state index in [1.54, 1.807) is 18.3 Å². The minimum Gasteiger partial charge on any atom is -0.474 e. The molecule has 6 nitrogen and oxygen atoms in total. The molecular formula is C25H31FN4O2. The van der Waals surface area contributed by atoms with E-state index < -0.39 is 0 Å². The molecule has 2 N–H and O–H groups in total. The van der Waals surface area contributed by atoms with Crippen molar-refractivity contribution in [1.82, 2.24) is 20.2 Å². The molecule has 0 unspecified atom stereocenters. The predicted molar refractivity (Wildman–Crippen MR) is 123 cm³/mol. The number of halogens is 1. The summed E-state index contributed by atoms with van der Waals surface area (Å²) in [6.45, 7) is 7.18. The number of amides is 1. The van der Waals surface area contributed by atoms with Crippen LogP contribution in [0.15, 0.2) is 42.7 Å². The molecule has 7 heteroatoms. The van der Waals surface area contributed by atoms with Gasteiger partial charge in [0.15, 0.2) is 0 Å². The summed E-state index contributed by atoms with van der Waals surface area (Å²) < 4.78 is 19.7. The van der Waals surface area contributed by atoms with Crippen molar-refractivity contribution in [1.29, 1.82) is 0 Å². The number of fused-ring (bicyclic) bond motifs is 1. The zero-order chi connectivity index (χ0) is 22.5. The van der Waals surface area contributed by atoms with Crippen LogP contribution in [0.3, 0.4) is 0 Å². The molecule has 0 spiro atoms. The largest absolute Gasteiger partial charge is 0.474 e. The Labute approximate surface area is 188 Å². The van der Waals surface area contributed by atoms with Crippen LogP contribution in [-0.2, 0) is 17.9 Å². The molecule has 4 rings (SSSR count). The molecule has 0 atom stereocenters. The Morgan fingerprint density at radius 3 is 2.81 bits per heavy atom. The van der Waals surface area contributed by atoms with Gasteiger partial charge in [-0.05, 0) is 48.1 Å². The number of carbonyl (C=O) groups is 1. The van der Waals surface area contributed by atoms with Crippen LogP contribution in [0.1, 0.15) is 44.2 Å². The van der Waals surface area contributed by atoms with Crippen LogP contribution in [0.5, 0.6) is 5.88 Å². The average molecular weight is 439 g/mol. The summed E-state index contributed by atoms with van der Waals surface area (Å²) in [6.07, 6.45) is 6.25. The summed E-state index contributed by atoms with van der Waals surface area (Å²) in [5.74, 6) is 0.820. The fraction of sp³-hybridized carbons (Fsp3) is 0.440. The van der Waals surface area contributed by atoms with Gasteiger partial charge in [0.1, 0.15) is 11.9 Å². The van der Waals surface area contributed by atoms with Crippen LogP contribution in [0, 0.1) is 11.7 Å². The number of pyridine rings is 1. The molecule has 1 aliphatic heterocycles. The van der Waals surface area contributed by atoms with Gasteiger partial charge >= 0.3 is 0 Å². The summed E-state index contributed by atoms with van der Waals surface area (Å²) >= 11 is 0. The Morgan fingerprint density at radius 1 is 1.28 bits per heavy atom. The molecule has 3 aromatic rings. The zero-order valence-corrected chi connectivity index (χ0v) is 18.7. The Kier molecular flexibility index (Phi) is 7.05. The number of carbonyl (C=O) groups excluding carboxylic acids is 1. The van der Waals surface area contributed by atoms with Gasteiger partial charge in [-0.15, -0.1) is 0 Å². The Balaban J connectivity index is 1.23. The topological polar surface area (TPSA) is 70.2 Å². The number of rotatable bonds is 8. The first-order chi connectivity index (χ1) is 15.5. The van der Waals surface area contributed by atoms with Gasteiger partial charge in [-0.2, -0.15) is 0 Å². The molecule has 170 valence electrons. The number of piperidine rings is 1. The van der Waals surface area contributed by atoms with Crippen molar-refractivity contribution in [3.05, 3.63) is 59.7 Å². The monoisotopic (exact) mass is 438 g/mol. The van der Waals surface area contributed by atoms with E-state index in [1.807, 2.05) is 32.2 Å². The van der Waals surface area contributed by atoms with Gasteiger partial charge in [-0.3, -0.25) is 9.69 Å². The number of hydrogen-bond donors (Lipinski definition) is 2. The van der Waals surface area contributed by atoms with Gasteiger partial charge in [0.25, 0.3) is 0 Å². The summed E-state index contributed by atoms with van der Waals surface area (Å²) in [4.78, 5) is 21.8. The molecule has 32 heavy (non-hydrogen) atoms. The van der Waals surface area contributed by atoms with Crippen LogP contribution in [-0.4, -0.2) is 40.0 Å². The molecule has 1 aromatic carbocycles. The average Bonchev–Trinajstić information content (AvgIpc) is 3.16. The Morgan fingerprint density at radius 2 is 2.09 bits per heavy atom. The second-order valence-electron chi connectivity index (χ2n) is 8.98. The third-order valence-corrected chi connectivity index (χ3v) is 5.83. The van der Waals surface area contributed by atoms with E-state index in [-0.39, 0.29) is 17.8 Å². The van der Waals surface area contributed by atoms with Gasteiger partial charge in [-0.1, -0.05) is 19.9 Å². The lowest BCUT2D eigenvalue weighted by atomic mass is 10.1. The minimum absolute atomic E-state index is 0.0601. The van der Waals surface area contributed by atoms with Crippen molar-refractivity contribution in [2.45, 2.75) is 52.3 Å². The number of hydrogen-bond acceptors (Lipinski definition) is 4. The fourth-order valence-corrected chi connectivity index (χ4v) is 4.11. The molecule has 3 heterocycles. The SMILES string of the molecule is CC(C)CC(=O)NCc1ccc(OC2CCN(Cc3c[nH]c4ccc(F)cc34)CC2)nc1. The highest BCUT2D eigenvalue weighted by Crippen LogP contribution is 2.23. The second kappa shape index (κ2) is 10.1. The van der Waals surface area contributed by atoms with Crippen molar-refractivity contribution in [2.24, 2.45) is 5.92 Å². The van der Waals surface area contributed by atoms with Crippen molar-refractivity contribution in [3.63, 3.8) is 0 Å². The molecule has 0 bridgehead atoms. The van der Waals surface area contributed by atoms with Gasteiger partial charge in [0.2, 0.25) is 11.8 Å². The molecule has 1 amide bonds. The van der Waals surface area contributed by atoms with E-state index in [0.717, 1.165) is 54.5 Å². The first-order valence-electron chi connectivity index (χ1n) is 11.3. The number of ether oxygens (including phenoxy) is 1. The maximum absolute atomic E-state index is 13.6. The third kappa shape index (κ3) is 5.85. The highest BCUT2D eigenvalue weighted by atomic mass is 19.1. The summed E-state index contributed by atoms with van der Waals surface area (Å²) in [6, 6.07) is 8.68. The number of nitrogens with one attached hydrogen (secondary N) is 2. The fourth-order valence-electron chi connectivity index (χ4n) is 4.11. The normalized spacial score (nSPS) is 15.4. The highest BCUT2D eigenvalue weighted by molar-refractivity contribution is 5.83. The van der Waals surface area contributed by atoms with E-state index in [4.69, 9.17) is 4.74 Å². The maximum Gasteiger partial charge on any atom is 0.220 e. The van der Waals surface area contributed by atoms with Crippen LogP contribution >= 0.6 is 0 Å². The van der Waals surface area contributed by atoms with Crippen molar-refractivity contribution >= 4 is 16.8 Å². The Hall–Kier alpha value is -2.93. The van der Waals surface area contributed by atoms with Gasteiger partial charge in [-0.25, -0.2) is 9.37 Å². The lowest BCUT2D eigenvalue weighted by molar-refractivity contribution is -0.121. The Bertz CT molecular complexity index is 1040. The van der Waals surface area contributed by atoms with Gasteiger partial charge in [0, 0.05) is 62.0 Å². The van der Waals surface area contributed by atoms with E-state index in [1.165, 1.54) is 6.07 Å². The van der Waals surface area contributed by atoms with E-state index in [9.17, 15) is 9.18 Å². The van der Waals surface area contributed by atoms with E-state index >= 15 is 0 Å². The molecule has 1 fully saturated rings. The van der Waals surface area contributed by atoms with Gasteiger partial charge < -0.3 is 15.0 Å². The molecule has 0 saturated carbocycles. The van der Waals surface area contributed by atoms with Crippen LogP contribution in [0.4, 0.5) is 4.39 Å². The summed E-state index contributed by atoms with van der Waals surface area (Å²) in [7, 11) is 0. The quantitative estimate of drug-likeness (QED) is 0.547. The lowest BCUT2D eigenvalue weighted by Crippen LogP contribution is -2.37. The zero-order valence-electron chi connectivity index (χ0n) is 18.7. The number of nitrogens with zero attached hydrogens (tertiary/aromatic N) is 2. The van der Waals surface area contributed by atoms with Crippen molar-refractivity contribution in [2.75, 3.05) is 13.1 Å². The maximum atomic E-state index is 13.6. The highest BCUT2D eigenvalue weighted by Gasteiger charge is 2.22. The van der Waals surface area contributed by atoms with E-state index in [2.05, 4.69) is 20.2 Å². The molecule has 2 aromatic heterocycles. The molecule has 0 radical (unpaired) electrons. The smallest absolute Gasteiger partial charge is 0.220 e. The predicted octanol–water partition coefficient (Wildman–Crippen LogP) is 4.41. The summed E-state index contributed by atoms with van der Waals surface area (Å²) in [5.41, 5.74) is 3.05. The molecule has 1 saturated heterocycles. The molecule has 1 aliphatic rings. The number of benzene rings is 1. The van der Waals surface area contributed by atoms with Crippen molar-refractivity contribution in [3.8, 4) is 5.88 Å². The van der Waals surface area contributed by atoms with E-state index in [0.29, 0.717) is 24.8 Å². The summed E-state index contributed by atoms with van der Waals surface area (Å²) in [5, 5.41) is 3.87. The first-order valence-corrected chi connectivity index (χ1v) is 11.3.